The Morgan fingerprint density at radius 1 is 0.708 bits per heavy atom. The number of carboxylic acid groups (broad SMARTS) is 3. The first-order chi connectivity index (χ1) is 46.0. The molecule has 96 heavy (non-hydrogen) atoms. The molecule has 7 amide bonds. The highest BCUT2D eigenvalue weighted by molar-refractivity contribution is 8.01. The minimum Gasteiger partial charge on any atom is -0.494 e. The number of fused-ring (bicyclic) bond motifs is 1. The van der Waals surface area contributed by atoms with E-state index in [9.17, 15) is 72.0 Å². The van der Waals surface area contributed by atoms with Gasteiger partial charge in [0, 0.05) is 141 Å². The number of likely N-dealkylation sites (tertiary alicyclic amines) is 2. The van der Waals surface area contributed by atoms with Crippen LogP contribution in [0.2, 0.25) is 0 Å². The van der Waals surface area contributed by atoms with E-state index in [4.69, 9.17) is 4.74 Å². The zero-order valence-electron chi connectivity index (χ0n) is 55.0. The topological polar surface area (TPSA) is 328 Å². The molecule has 3 atom stereocenters. The fraction of sp³-hybridized carbons (Fsp3) is 0.606. The molecule has 0 radical (unpaired) electrons. The van der Waals surface area contributed by atoms with Crippen LogP contribution in [0.3, 0.4) is 0 Å². The van der Waals surface area contributed by atoms with Crippen molar-refractivity contribution >= 4 is 88.1 Å². The zero-order valence-corrected chi connectivity index (χ0v) is 55.8. The quantitative estimate of drug-likeness (QED) is 0.0283. The molecule has 4 aliphatic heterocycles. The van der Waals surface area contributed by atoms with Crippen molar-refractivity contribution in [2.24, 2.45) is 4.99 Å². The average molecular weight is 1360 g/mol. The summed E-state index contributed by atoms with van der Waals surface area (Å²) in [5.41, 5.74) is 3.10. The van der Waals surface area contributed by atoms with Crippen molar-refractivity contribution in [1.82, 2.24) is 60.1 Å². The van der Waals surface area contributed by atoms with Gasteiger partial charge in [0.05, 0.1) is 68.2 Å². The number of aromatic nitrogens is 1. The van der Waals surface area contributed by atoms with E-state index < -0.39 is 84.8 Å². The number of rotatable bonds is 34. The van der Waals surface area contributed by atoms with Gasteiger partial charge in [-0.2, -0.15) is 0 Å². The minimum absolute atomic E-state index is 0.0267. The van der Waals surface area contributed by atoms with Gasteiger partial charge < -0.3 is 45.8 Å². The highest BCUT2D eigenvalue weighted by Crippen LogP contribution is 2.33. The molecule has 6 N–H and O–H groups in total. The number of halogens is 2. The molecule has 27 nitrogen and oxygen atoms in total. The van der Waals surface area contributed by atoms with Crippen LogP contribution in [0.25, 0.3) is 10.9 Å². The lowest BCUT2D eigenvalue weighted by molar-refractivity contribution is -0.146. The first-order valence-corrected chi connectivity index (χ1v) is 34.0. The van der Waals surface area contributed by atoms with Gasteiger partial charge in [-0.1, -0.05) is 42.7 Å². The summed E-state index contributed by atoms with van der Waals surface area (Å²) in [4.78, 5) is 150. The number of piperazine rings is 1. The van der Waals surface area contributed by atoms with E-state index in [1.165, 1.54) is 48.4 Å². The standard InChI is InChI=1S/C66H93F2N13O14S/c1-47-12-14-48(15-13-47)9-8-11-56(82)71-19-5-3-4-10-51(39-72-57(83)41-75-22-24-76(43-61(87)88)26-28-78(45-63(91)92)29-27-77(25-23-75)44-62(89)90)96-55-36-58(84)80(65(55)94)42-60(86)79-32-30-74(31-33-79)21-6-7-34-95-50-16-17-54-53(35-50)52(18-20-70-54)64(93)73-40-59(85)81-46-66(67,68)37-49(81)38-69-2/h12-18,20,35,38,49,51,55H,3-11,19,21-34,36-37,39-46H2,1-2H3,(H,71,82)(H,72,83)(H,73,93)(H,87,88)(H,89,90)(H,91,92)/b69-38+/t49-,51-,55?/m1/s1. The molecular weight excluding hydrogens is 1270 g/mol. The number of hydrogen-bond donors (Lipinski definition) is 6. The number of carboxylic acids is 3. The van der Waals surface area contributed by atoms with Gasteiger partial charge in [0.2, 0.25) is 35.4 Å². The van der Waals surface area contributed by atoms with Crippen molar-refractivity contribution in [2.75, 3.05) is 158 Å². The Labute approximate surface area is 562 Å². The number of aliphatic carboxylic acids is 3. The number of pyridine rings is 1. The molecule has 3 aromatic rings. The van der Waals surface area contributed by atoms with Crippen molar-refractivity contribution in [1.29, 1.82) is 0 Å². The van der Waals surface area contributed by atoms with E-state index in [0.29, 0.717) is 88.1 Å². The summed E-state index contributed by atoms with van der Waals surface area (Å²) < 4.78 is 34.4. The predicted molar refractivity (Wildman–Crippen MR) is 355 cm³/mol. The van der Waals surface area contributed by atoms with Crippen molar-refractivity contribution in [3.8, 4) is 5.75 Å². The van der Waals surface area contributed by atoms with Crippen LogP contribution in [-0.2, 0) is 49.6 Å². The van der Waals surface area contributed by atoms with Crippen LogP contribution in [0, 0.1) is 6.92 Å². The Balaban J connectivity index is 0.868. The second kappa shape index (κ2) is 38.2. The summed E-state index contributed by atoms with van der Waals surface area (Å²) in [7, 11) is 1.44. The molecule has 2 aromatic carbocycles. The number of imide groups is 1. The largest absolute Gasteiger partial charge is 0.494 e. The van der Waals surface area contributed by atoms with Gasteiger partial charge >= 0.3 is 17.9 Å². The minimum atomic E-state index is -3.06. The van der Waals surface area contributed by atoms with Gasteiger partial charge in [0.1, 0.15) is 12.3 Å². The van der Waals surface area contributed by atoms with Crippen LogP contribution in [0.15, 0.2) is 59.7 Å². The number of carbonyl (C=O) groups is 10. The summed E-state index contributed by atoms with van der Waals surface area (Å²) in [5, 5.41) is 36.8. The Hall–Kier alpha value is -7.77. The molecule has 0 bridgehead atoms. The molecular formula is C66H93F2N13O14S. The van der Waals surface area contributed by atoms with Crippen LogP contribution in [-0.4, -0.2) is 305 Å². The van der Waals surface area contributed by atoms with Crippen molar-refractivity contribution < 1.29 is 76.8 Å². The van der Waals surface area contributed by atoms with Crippen LogP contribution in [0.5, 0.6) is 5.75 Å². The number of aliphatic imine (C=N–C) groups is 1. The number of aryl methyl sites for hydroxylation is 2. The number of hydrogen-bond acceptors (Lipinski definition) is 19. The van der Waals surface area contributed by atoms with Crippen LogP contribution in [0.1, 0.15) is 85.7 Å². The first kappa shape index (κ1) is 75.6. The van der Waals surface area contributed by atoms with Gasteiger partial charge in [-0.15, -0.1) is 11.8 Å². The first-order valence-electron chi connectivity index (χ1n) is 33.0. The number of ether oxygens (including phenoxy) is 1. The molecule has 1 unspecified atom stereocenters. The molecule has 4 aliphatic rings. The fourth-order valence-electron chi connectivity index (χ4n) is 12.1. The van der Waals surface area contributed by atoms with Crippen molar-refractivity contribution in [3.63, 3.8) is 0 Å². The van der Waals surface area contributed by atoms with Gasteiger partial charge in [-0.05, 0) is 81.8 Å². The third kappa shape index (κ3) is 25.3. The summed E-state index contributed by atoms with van der Waals surface area (Å²) in [6.07, 6.45) is 8.13. The Bertz CT molecular complexity index is 3150. The summed E-state index contributed by atoms with van der Waals surface area (Å²) in [5.74, 6) is -8.68. The molecule has 4 saturated heterocycles. The lowest BCUT2D eigenvalue weighted by Gasteiger charge is -2.35. The SMILES string of the molecule is C/N=C/[C@H]1CC(F)(F)CN1C(=O)CNC(=O)c1ccnc2ccc(OCCCCN3CCN(C(=O)CN4C(=O)CC(S[C@H](CCCCCNC(=O)CCCc5ccc(C)cc5)CNC(=O)CN5CCN(CC(=O)O)CCN(CC(=O)O)CCN(CC(=O)O)CC5)C4=O)CC3)cc12. The highest BCUT2D eigenvalue weighted by atomic mass is 32.2. The molecule has 7 rings (SSSR count). The molecule has 4 fully saturated rings. The maximum Gasteiger partial charge on any atom is 0.317 e. The van der Waals surface area contributed by atoms with Crippen molar-refractivity contribution in [2.45, 2.75) is 100 Å². The summed E-state index contributed by atoms with van der Waals surface area (Å²) >= 11 is 1.28. The molecule has 526 valence electrons. The number of thioether (sulfide) groups is 1. The van der Waals surface area contributed by atoms with Crippen LogP contribution >= 0.6 is 11.8 Å². The van der Waals surface area contributed by atoms with Crippen LogP contribution < -0.4 is 20.7 Å². The third-order valence-electron chi connectivity index (χ3n) is 17.4. The lowest BCUT2D eigenvalue weighted by atomic mass is 10.1. The molecule has 30 heteroatoms. The Morgan fingerprint density at radius 3 is 1.96 bits per heavy atom. The number of alkyl halides is 2. The number of amides is 7. The number of carbonyl (C=O) groups excluding carboxylic acids is 7. The molecule has 5 heterocycles. The van der Waals surface area contributed by atoms with Gasteiger partial charge in [-0.3, -0.25) is 87.3 Å². The zero-order chi connectivity index (χ0) is 69.2. The number of nitrogens with zero attached hydrogens (tertiary/aromatic N) is 10. The Morgan fingerprint density at radius 2 is 1.33 bits per heavy atom. The van der Waals surface area contributed by atoms with Gasteiger partial charge in [0.25, 0.3) is 11.8 Å². The molecule has 0 aliphatic carbocycles. The lowest BCUT2D eigenvalue weighted by Crippen LogP contribution is -2.52. The average Bonchev–Trinajstić information content (AvgIpc) is 1.46. The molecule has 0 spiro atoms. The van der Waals surface area contributed by atoms with E-state index >= 15 is 0 Å². The van der Waals surface area contributed by atoms with Gasteiger partial charge in [-0.25, -0.2) is 8.78 Å². The normalized spacial score (nSPS) is 19.3. The van der Waals surface area contributed by atoms with E-state index in [2.05, 4.69) is 55.1 Å². The highest BCUT2D eigenvalue weighted by Gasteiger charge is 2.46. The van der Waals surface area contributed by atoms with Crippen LogP contribution in [0.4, 0.5) is 8.78 Å². The predicted octanol–water partition coefficient (Wildman–Crippen LogP) is 2.03. The second-order valence-electron chi connectivity index (χ2n) is 25.0. The fourth-order valence-corrected chi connectivity index (χ4v) is 13.5. The van der Waals surface area contributed by atoms with E-state index in [-0.39, 0.29) is 120 Å². The van der Waals surface area contributed by atoms with E-state index in [1.54, 1.807) is 37.8 Å². The summed E-state index contributed by atoms with van der Waals surface area (Å²) in [6.45, 7) is 4.82. The van der Waals surface area contributed by atoms with Crippen molar-refractivity contribution in [3.05, 3.63) is 71.4 Å². The number of benzene rings is 2. The molecule has 1 aromatic heterocycles. The maximum atomic E-state index is 14.2. The van der Waals surface area contributed by atoms with E-state index in [1.807, 2.05) is 11.8 Å². The smallest absolute Gasteiger partial charge is 0.317 e. The van der Waals surface area contributed by atoms with E-state index in [0.717, 1.165) is 42.0 Å². The molecule has 0 saturated carbocycles. The maximum absolute atomic E-state index is 14.2. The monoisotopic (exact) mass is 1360 g/mol. The number of nitrogens with one attached hydrogen (secondary N) is 3. The Kier molecular flexibility index (Phi) is 30.1. The number of unbranched alkanes of at least 4 members (excludes halogenated alkanes) is 3. The third-order valence-corrected chi connectivity index (χ3v) is 18.9. The summed E-state index contributed by atoms with van der Waals surface area (Å²) in [6, 6.07) is 14.0. The second-order valence-corrected chi connectivity index (χ2v) is 26.5. The van der Waals surface area contributed by atoms with Gasteiger partial charge in [0.15, 0.2) is 0 Å².